The van der Waals surface area contributed by atoms with E-state index in [0.29, 0.717) is 10.7 Å². The third-order valence-electron chi connectivity index (χ3n) is 2.61. The molecule has 4 nitrogen and oxygen atoms in total. The molecule has 0 heterocycles. The van der Waals surface area contributed by atoms with Crippen molar-refractivity contribution in [2.75, 3.05) is 11.9 Å². The van der Waals surface area contributed by atoms with E-state index in [1.54, 1.807) is 0 Å². The molecule has 0 spiro atoms. The molecule has 2 aromatic rings. The first kappa shape index (κ1) is 16.3. The van der Waals surface area contributed by atoms with Gasteiger partial charge in [-0.1, -0.05) is 23.2 Å². The first-order valence-corrected chi connectivity index (χ1v) is 6.89. The van der Waals surface area contributed by atoms with Gasteiger partial charge < -0.3 is 10.1 Å². The summed E-state index contributed by atoms with van der Waals surface area (Å²) in [6.07, 6.45) is 0. The number of halogens is 3. The van der Waals surface area contributed by atoms with E-state index in [2.05, 4.69) is 5.32 Å². The van der Waals surface area contributed by atoms with Crippen LogP contribution in [0.2, 0.25) is 10.0 Å². The molecule has 2 aromatic carbocycles. The number of anilines is 1. The summed E-state index contributed by atoms with van der Waals surface area (Å²) in [5.74, 6) is -1.71. The average molecular weight is 342 g/mol. The molecule has 1 amide bonds. The van der Waals surface area contributed by atoms with E-state index in [9.17, 15) is 14.0 Å². The van der Waals surface area contributed by atoms with Crippen LogP contribution in [0.4, 0.5) is 10.1 Å². The highest BCUT2D eigenvalue weighted by Gasteiger charge is 2.14. The topological polar surface area (TPSA) is 55.4 Å². The van der Waals surface area contributed by atoms with Gasteiger partial charge in [-0.15, -0.1) is 0 Å². The zero-order valence-corrected chi connectivity index (χ0v) is 12.6. The van der Waals surface area contributed by atoms with Gasteiger partial charge in [-0.05, 0) is 42.5 Å². The van der Waals surface area contributed by atoms with Crippen molar-refractivity contribution < 1.29 is 18.7 Å². The van der Waals surface area contributed by atoms with Crippen LogP contribution in [0.15, 0.2) is 42.5 Å². The van der Waals surface area contributed by atoms with E-state index >= 15 is 0 Å². The van der Waals surface area contributed by atoms with Gasteiger partial charge in [0.05, 0.1) is 10.6 Å². The fraction of sp³-hybridized carbons (Fsp3) is 0.0667. The van der Waals surface area contributed by atoms with Crippen LogP contribution in [-0.2, 0) is 9.53 Å². The molecule has 0 aliphatic rings. The predicted octanol–water partition coefficient (Wildman–Crippen LogP) is 3.93. The van der Waals surface area contributed by atoms with Gasteiger partial charge in [-0.25, -0.2) is 9.18 Å². The first-order chi connectivity index (χ1) is 10.5. The molecular weight excluding hydrogens is 332 g/mol. The molecule has 0 fully saturated rings. The summed E-state index contributed by atoms with van der Waals surface area (Å²) in [7, 11) is 0. The molecule has 0 unspecified atom stereocenters. The number of benzene rings is 2. The van der Waals surface area contributed by atoms with Crippen LogP contribution in [0.5, 0.6) is 0 Å². The van der Waals surface area contributed by atoms with Crippen molar-refractivity contribution in [2.24, 2.45) is 0 Å². The smallest absolute Gasteiger partial charge is 0.340 e. The lowest BCUT2D eigenvalue weighted by Gasteiger charge is -2.07. The Hall–Kier alpha value is -2.11. The lowest BCUT2D eigenvalue weighted by Crippen LogP contribution is -2.21. The second kappa shape index (κ2) is 7.24. The molecule has 0 aliphatic heterocycles. The SMILES string of the molecule is O=C(COC(=O)c1ccc(Cl)cc1Cl)Nc1ccc(F)cc1. The Morgan fingerprint density at radius 1 is 1.09 bits per heavy atom. The Balaban J connectivity index is 1.90. The Morgan fingerprint density at radius 2 is 1.77 bits per heavy atom. The molecule has 0 aromatic heterocycles. The standard InChI is InChI=1S/C15H10Cl2FNO3/c16-9-1-6-12(13(17)7-9)15(21)22-8-14(20)19-11-4-2-10(18)3-5-11/h1-7H,8H2,(H,19,20). The van der Waals surface area contributed by atoms with Crippen molar-refractivity contribution in [2.45, 2.75) is 0 Å². The molecule has 2 rings (SSSR count). The van der Waals surface area contributed by atoms with Gasteiger partial charge in [0.2, 0.25) is 0 Å². The predicted molar refractivity (Wildman–Crippen MR) is 81.8 cm³/mol. The van der Waals surface area contributed by atoms with E-state index in [-0.39, 0.29) is 10.6 Å². The van der Waals surface area contributed by atoms with Crippen molar-refractivity contribution in [1.82, 2.24) is 0 Å². The van der Waals surface area contributed by atoms with Gasteiger partial charge in [0, 0.05) is 10.7 Å². The molecule has 0 radical (unpaired) electrons. The molecule has 22 heavy (non-hydrogen) atoms. The van der Waals surface area contributed by atoms with Crippen molar-refractivity contribution in [3.63, 3.8) is 0 Å². The maximum Gasteiger partial charge on any atom is 0.340 e. The maximum atomic E-state index is 12.7. The summed E-state index contributed by atoms with van der Waals surface area (Å²) in [6.45, 7) is -0.491. The highest BCUT2D eigenvalue weighted by molar-refractivity contribution is 6.36. The van der Waals surface area contributed by atoms with Gasteiger partial charge in [-0.3, -0.25) is 4.79 Å². The number of ether oxygens (including phenoxy) is 1. The molecule has 114 valence electrons. The van der Waals surface area contributed by atoms with Crippen molar-refractivity contribution in [3.05, 3.63) is 63.9 Å². The number of nitrogens with one attached hydrogen (secondary N) is 1. The monoisotopic (exact) mass is 341 g/mol. The number of rotatable bonds is 4. The highest BCUT2D eigenvalue weighted by atomic mass is 35.5. The van der Waals surface area contributed by atoms with E-state index in [1.807, 2.05) is 0 Å². The molecule has 0 saturated carbocycles. The fourth-order valence-corrected chi connectivity index (χ4v) is 2.08. The van der Waals surface area contributed by atoms with Gasteiger partial charge in [-0.2, -0.15) is 0 Å². The maximum absolute atomic E-state index is 12.7. The summed E-state index contributed by atoms with van der Waals surface area (Å²) in [6, 6.07) is 9.49. The van der Waals surface area contributed by atoms with E-state index in [0.717, 1.165) is 0 Å². The van der Waals surface area contributed by atoms with Crippen LogP contribution in [-0.4, -0.2) is 18.5 Å². The van der Waals surface area contributed by atoms with Crippen LogP contribution < -0.4 is 5.32 Å². The average Bonchev–Trinajstić information content (AvgIpc) is 2.47. The van der Waals surface area contributed by atoms with Crippen LogP contribution in [0.25, 0.3) is 0 Å². The minimum absolute atomic E-state index is 0.112. The zero-order chi connectivity index (χ0) is 16.1. The largest absolute Gasteiger partial charge is 0.452 e. The Labute approximate surface area is 135 Å². The Bertz CT molecular complexity index is 704. The minimum Gasteiger partial charge on any atom is -0.452 e. The number of carbonyl (C=O) groups excluding carboxylic acids is 2. The Morgan fingerprint density at radius 3 is 2.41 bits per heavy atom. The fourth-order valence-electron chi connectivity index (χ4n) is 1.59. The number of amides is 1. The number of esters is 1. The lowest BCUT2D eigenvalue weighted by atomic mass is 10.2. The number of carbonyl (C=O) groups is 2. The van der Waals surface area contributed by atoms with Crippen LogP contribution >= 0.6 is 23.2 Å². The van der Waals surface area contributed by atoms with Crippen molar-refractivity contribution >= 4 is 40.8 Å². The van der Waals surface area contributed by atoms with Gasteiger partial charge >= 0.3 is 5.97 Å². The molecule has 7 heteroatoms. The molecule has 1 N–H and O–H groups in total. The van der Waals surface area contributed by atoms with Gasteiger partial charge in [0.15, 0.2) is 6.61 Å². The minimum atomic E-state index is -0.740. The summed E-state index contributed by atoms with van der Waals surface area (Å²) >= 11 is 11.6. The second-order valence-corrected chi connectivity index (χ2v) is 5.10. The third-order valence-corrected chi connectivity index (χ3v) is 3.16. The summed E-state index contributed by atoms with van der Waals surface area (Å²) in [4.78, 5) is 23.4. The Kier molecular flexibility index (Phi) is 5.35. The van der Waals surface area contributed by atoms with Crippen molar-refractivity contribution in [1.29, 1.82) is 0 Å². The normalized spacial score (nSPS) is 10.1. The molecular formula is C15H10Cl2FNO3. The van der Waals surface area contributed by atoms with Gasteiger partial charge in [0.1, 0.15) is 5.82 Å². The van der Waals surface area contributed by atoms with Crippen LogP contribution in [0, 0.1) is 5.82 Å². The van der Waals surface area contributed by atoms with Crippen molar-refractivity contribution in [3.8, 4) is 0 Å². The van der Waals surface area contributed by atoms with Crippen LogP contribution in [0.1, 0.15) is 10.4 Å². The molecule has 0 aliphatic carbocycles. The van der Waals surface area contributed by atoms with E-state index in [4.69, 9.17) is 27.9 Å². The van der Waals surface area contributed by atoms with E-state index < -0.39 is 24.3 Å². The summed E-state index contributed by atoms with van der Waals surface area (Å²) in [5.41, 5.74) is 0.507. The van der Waals surface area contributed by atoms with E-state index in [1.165, 1.54) is 42.5 Å². The summed E-state index contributed by atoms with van der Waals surface area (Å²) < 4.78 is 17.6. The highest BCUT2D eigenvalue weighted by Crippen LogP contribution is 2.21. The number of hydrogen-bond acceptors (Lipinski definition) is 3. The molecule has 0 saturated heterocycles. The molecule has 0 atom stereocenters. The van der Waals surface area contributed by atoms with Crippen LogP contribution in [0.3, 0.4) is 0 Å². The number of hydrogen-bond donors (Lipinski definition) is 1. The first-order valence-electron chi connectivity index (χ1n) is 6.13. The summed E-state index contributed by atoms with van der Waals surface area (Å²) in [5, 5.41) is 2.98. The van der Waals surface area contributed by atoms with Gasteiger partial charge in [0.25, 0.3) is 5.91 Å². The third kappa shape index (κ3) is 4.44. The molecule has 0 bridgehead atoms. The lowest BCUT2D eigenvalue weighted by molar-refractivity contribution is -0.119. The zero-order valence-electron chi connectivity index (χ0n) is 11.1. The second-order valence-electron chi connectivity index (χ2n) is 4.26. The quantitative estimate of drug-likeness (QED) is 0.857.